The molecule has 0 bridgehead atoms. The lowest BCUT2D eigenvalue weighted by molar-refractivity contribution is 0.0556. The lowest BCUT2D eigenvalue weighted by Gasteiger charge is -2.46. The predicted octanol–water partition coefficient (Wildman–Crippen LogP) is 3.60. The van der Waals surface area contributed by atoms with Crippen molar-refractivity contribution >= 4 is 0 Å². The van der Waals surface area contributed by atoms with E-state index in [1.54, 1.807) is 12.1 Å². The Morgan fingerprint density at radius 3 is 2.52 bits per heavy atom. The highest BCUT2D eigenvalue weighted by molar-refractivity contribution is 5.21. The summed E-state index contributed by atoms with van der Waals surface area (Å²) in [6.07, 6.45) is 2.71. The van der Waals surface area contributed by atoms with Crippen LogP contribution < -0.4 is 5.32 Å². The topological polar surface area (TPSA) is 15.3 Å². The molecule has 3 heteroatoms. The van der Waals surface area contributed by atoms with Crippen LogP contribution in [0.2, 0.25) is 0 Å². The highest BCUT2D eigenvalue weighted by Gasteiger charge is 2.39. The average Bonchev–Trinajstić information content (AvgIpc) is 3.31. The van der Waals surface area contributed by atoms with Crippen LogP contribution in [-0.2, 0) is 0 Å². The van der Waals surface area contributed by atoms with Crippen molar-refractivity contribution in [3.05, 3.63) is 35.6 Å². The van der Waals surface area contributed by atoms with Gasteiger partial charge in [0.2, 0.25) is 0 Å². The Kier molecular flexibility index (Phi) is 4.32. The summed E-state index contributed by atoms with van der Waals surface area (Å²) in [5.41, 5.74) is 0.833. The Morgan fingerprint density at radius 2 is 1.90 bits per heavy atom. The van der Waals surface area contributed by atoms with Gasteiger partial charge in [-0.15, -0.1) is 0 Å². The van der Waals surface area contributed by atoms with Crippen molar-refractivity contribution in [3.63, 3.8) is 0 Å². The third-order valence-corrected chi connectivity index (χ3v) is 5.24. The summed E-state index contributed by atoms with van der Waals surface area (Å²) >= 11 is 0. The molecular formula is C18H27FN2. The van der Waals surface area contributed by atoms with Gasteiger partial charge in [-0.05, 0) is 37.7 Å². The molecule has 21 heavy (non-hydrogen) atoms. The third kappa shape index (κ3) is 3.14. The molecule has 1 saturated carbocycles. The summed E-state index contributed by atoms with van der Waals surface area (Å²) in [7, 11) is 0. The second-order valence-electron chi connectivity index (χ2n) is 7.06. The number of hydrogen-bond donors (Lipinski definition) is 1. The molecule has 1 aliphatic heterocycles. The summed E-state index contributed by atoms with van der Waals surface area (Å²) in [5, 5.41) is 3.73. The number of hydrogen-bond acceptors (Lipinski definition) is 2. The van der Waals surface area contributed by atoms with Crippen LogP contribution in [-0.4, -0.2) is 30.1 Å². The van der Waals surface area contributed by atoms with E-state index in [4.69, 9.17) is 0 Å². The van der Waals surface area contributed by atoms with Crippen LogP contribution >= 0.6 is 0 Å². The summed E-state index contributed by atoms with van der Waals surface area (Å²) in [6, 6.07) is 8.45. The van der Waals surface area contributed by atoms with Gasteiger partial charge in [-0.25, -0.2) is 4.39 Å². The zero-order chi connectivity index (χ0) is 15.0. The van der Waals surface area contributed by atoms with Crippen LogP contribution in [0.4, 0.5) is 4.39 Å². The fourth-order valence-electron chi connectivity index (χ4n) is 3.69. The van der Waals surface area contributed by atoms with E-state index in [2.05, 4.69) is 31.0 Å². The van der Waals surface area contributed by atoms with Crippen LogP contribution in [0.3, 0.4) is 0 Å². The summed E-state index contributed by atoms with van der Waals surface area (Å²) in [5.74, 6) is 1.34. The first-order valence-corrected chi connectivity index (χ1v) is 8.31. The maximum Gasteiger partial charge on any atom is 0.127 e. The van der Waals surface area contributed by atoms with Gasteiger partial charge in [0.15, 0.2) is 0 Å². The zero-order valence-electron chi connectivity index (χ0n) is 13.3. The molecule has 1 saturated heterocycles. The molecule has 3 unspecified atom stereocenters. The second-order valence-corrected chi connectivity index (χ2v) is 7.06. The molecule has 1 aromatic rings. The van der Waals surface area contributed by atoms with Gasteiger partial charge in [-0.3, -0.25) is 4.90 Å². The minimum Gasteiger partial charge on any atom is -0.311 e. The van der Waals surface area contributed by atoms with Gasteiger partial charge in [0.05, 0.1) is 0 Å². The molecule has 0 radical (unpaired) electrons. The van der Waals surface area contributed by atoms with Crippen molar-refractivity contribution in [1.82, 2.24) is 10.2 Å². The van der Waals surface area contributed by atoms with E-state index in [0.29, 0.717) is 18.0 Å². The van der Waals surface area contributed by atoms with Gasteiger partial charge in [0.1, 0.15) is 5.82 Å². The molecule has 1 aliphatic carbocycles. The van der Waals surface area contributed by atoms with Crippen molar-refractivity contribution in [2.75, 3.05) is 13.1 Å². The van der Waals surface area contributed by atoms with Gasteiger partial charge in [-0.1, -0.05) is 32.0 Å². The van der Waals surface area contributed by atoms with E-state index < -0.39 is 0 Å². The summed E-state index contributed by atoms with van der Waals surface area (Å²) in [6.45, 7) is 8.76. The Balaban J connectivity index is 1.82. The number of nitrogens with zero attached hydrogens (tertiary/aromatic N) is 1. The van der Waals surface area contributed by atoms with E-state index in [9.17, 15) is 4.39 Å². The lowest BCUT2D eigenvalue weighted by atomic mass is 9.93. The number of rotatable bonds is 4. The highest BCUT2D eigenvalue weighted by atomic mass is 19.1. The highest BCUT2D eigenvalue weighted by Crippen LogP contribution is 2.37. The molecule has 0 spiro atoms. The van der Waals surface area contributed by atoms with E-state index in [1.807, 2.05) is 12.1 Å². The Labute approximate surface area is 127 Å². The fourth-order valence-corrected chi connectivity index (χ4v) is 3.69. The normalized spacial score (nSPS) is 28.8. The van der Waals surface area contributed by atoms with E-state index in [0.717, 1.165) is 24.6 Å². The Hall–Kier alpha value is -0.930. The SMILES string of the molecule is CC(C)C1CNC(C2CC2)CN1C(C)c1ccccc1F. The van der Waals surface area contributed by atoms with Crippen LogP contribution in [0.15, 0.2) is 24.3 Å². The van der Waals surface area contributed by atoms with Gasteiger partial charge in [0.25, 0.3) is 0 Å². The molecular weight excluding hydrogens is 263 g/mol. The molecule has 1 aromatic carbocycles. The van der Waals surface area contributed by atoms with Crippen LogP contribution in [0.25, 0.3) is 0 Å². The first kappa shape index (κ1) is 15.0. The number of piperazine rings is 1. The Bertz CT molecular complexity index is 484. The van der Waals surface area contributed by atoms with Crippen molar-refractivity contribution in [1.29, 1.82) is 0 Å². The van der Waals surface area contributed by atoms with Gasteiger partial charge < -0.3 is 5.32 Å². The van der Waals surface area contributed by atoms with E-state index in [1.165, 1.54) is 12.8 Å². The first-order valence-electron chi connectivity index (χ1n) is 8.31. The number of nitrogens with one attached hydrogen (secondary N) is 1. The van der Waals surface area contributed by atoms with Crippen molar-refractivity contribution in [3.8, 4) is 0 Å². The maximum absolute atomic E-state index is 14.1. The third-order valence-electron chi connectivity index (χ3n) is 5.24. The molecule has 0 aromatic heterocycles. The first-order chi connectivity index (χ1) is 10.1. The second kappa shape index (κ2) is 6.05. The number of benzene rings is 1. The van der Waals surface area contributed by atoms with Crippen molar-refractivity contribution < 1.29 is 4.39 Å². The summed E-state index contributed by atoms with van der Waals surface area (Å²) < 4.78 is 14.1. The standard InChI is InChI=1S/C18H27FN2/c1-12(2)18-10-20-17(14-8-9-14)11-21(18)13(3)15-6-4-5-7-16(15)19/h4-7,12-14,17-18,20H,8-11H2,1-3H3. The molecule has 2 nitrogen and oxygen atoms in total. The van der Waals surface area contributed by atoms with Gasteiger partial charge in [0, 0.05) is 36.8 Å². The molecule has 1 N–H and O–H groups in total. The van der Waals surface area contributed by atoms with E-state index in [-0.39, 0.29) is 11.9 Å². The van der Waals surface area contributed by atoms with Crippen LogP contribution in [0, 0.1) is 17.7 Å². The summed E-state index contributed by atoms with van der Waals surface area (Å²) in [4.78, 5) is 2.53. The molecule has 3 rings (SSSR count). The number of halogens is 1. The van der Waals surface area contributed by atoms with Crippen LogP contribution in [0.5, 0.6) is 0 Å². The monoisotopic (exact) mass is 290 g/mol. The van der Waals surface area contributed by atoms with E-state index >= 15 is 0 Å². The lowest BCUT2D eigenvalue weighted by Crippen LogP contribution is -2.59. The fraction of sp³-hybridized carbons (Fsp3) is 0.667. The van der Waals surface area contributed by atoms with Crippen molar-refractivity contribution in [2.45, 2.75) is 51.7 Å². The zero-order valence-corrected chi connectivity index (χ0v) is 13.3. The predicted molar refractivity (Wildman–Crippen MR) is 84.7 cm³/mol. The maximum atomic E-state index is 14.1. The van der Waals surface area contributed by atoms with Crippen LogP contribution in [0.1, 0.15) is 45.2 Å². The minimum atomic E-state index is -0.0750. The quantitative estimate of drug-likeness (QED) is 0.911. The van der Waals surface area contributed by atoms with Gasteiger partial charge in [-0.2, -0.15) is 0 Å². The smallest absolute Gasteiger partial charge is 0.127 e. The molecule has 116 valence electrons. The Morgan fingerprint density at radius 1 is 1.19 bits per heavy atom. The molecule has 1 heterocycles. The van der Waals surface area contributed by atoms with Crippen molar-refractivity contribution in [2.24, 2.45) is 11.8 Å². The molecule has 2 aliphatic rings. The van der Waals surface area contributed by atoms with Gasteiger partial charge >= 0.3 is 0 Å². The molecule has 2 fully saturated rings. The molecule has 3 atom stereocenters. The largest absolute Gasteiger partial charge is 0.311 e. The minimum absolute atomic E-state index is 0.0750. The molecule has 0 amide bonds. The average molecular weight is 290 g/mol.